The van der Waals surface area contributed by atoms with Gasteiger partial charge in [-0.1, -0.05) is 61.2 Å². The monoisotopic (exact) mass is 771 g/mol. The molecule has 1 aliphatic carbocycles. The number of alkyl carbamates (subject to hydrolysis) is 1. The summed E-state index contributed by atoms with van der Waals surface area (Å²) in [5, 5.41) is 7.37. The minimum Gasteiger partial charge on any atom is -0.460 e. The number of ketones is 2. The molecule has 0 aliphatic heterocycles. The fraction of sp³-hybridized carbons (Fsp3) is 0.410. The van der Waals surface area contributed by atoms with Crippen molar-refractivity contribution in [1.82, 2.24) is 16.0 Å². The Morgan fingerprint density at radius 2 is 1.25 bits per heavy atom. The number of rotatable bonds is 21. The Hall–Kier alpha value is -6.57. The van der Waals surface area contributed by atoms with Crippen LogP contribution in [0, 0.1) is 0 Å². The molecule has 1 aliphatic rings. The van der Waals surface area contributed by atoms with Crippen LogP contribution in [-0.2, 0) is 43.0 Å². The van der Waals surface area contributed by atoms with Crippen LogP contribution in [0.4, 0.5) is 4.79 Å². The number of carbonyl (C=O) groups excluding carboxylic acids is 7. The Labute approximate surface area is 323 Å². The molecule has 0 saturated carbocycles. The predicted molar refractivity (Wildman–Crippen MR) is 200 cm³/mol. The van der Waals surface area contributed by atoms with Gasteiger partial charge < -0.3 is 41.2 Å². The number of hydrogen-bond donors (Lipinski definition) is 3. The van der Waals surface area contributed by atoms with Gasteiger partial charge in [-0.25, -0.2) is 14.4 Å². The maximum atomic E-state index is 13.5. The van der Waals surface area contributed by atoms with Crippen molar-refractivity contribution in [2.75, 3.05) is 13.2 Å². The van der Waals surface area contributed by atoms with Gasteiger partial charge in [-0.3, -0.25) is 19.2 Å². The molecule has 3 rings (SSSR count). The van der Waals surface area contributed by atoms with Crippen LogP contribution in [0.1, 0.15) is 76.3 Å². The van der Waals surface area contributed by atoms with Crippen molar-refractivity contribution in [3.63, 3.8) is 0 Å². The molecule has 0 spiro atoms. The fourth-order valence-electron chi connectivity index (χ4n) is 5.81. The second-order valence-corrected chi connectivity index (χ2v) is 13.7. The normalized spacial score (nSPS) is 13.1. The van der Waals surface area contributed by atoms with Gasteiger partial charge in [0.05, 0.1) is 0 Å². The fourth-order valence-corrected chi connectivity index (χ4v) is 5.81. The van der Waals surface area contributed by atoms with E-state index >= 15 is 0 Å². The quantitative estimate of drug-likeness (QED) is 0.0417. The minimum absolute atomic E-state index is 0.0429. The van der Waals surface area contributed by atoms with E-state index in [4.69, 9.17) is 25.3 Å². The standard InChI is InChI=1S/C39H45N7O10/c1-5-20-54-36(51)32(46-38(53)55-23-30-28-12-8-6-10-26(28)27-11-7-9-13-29(27)30)18-19-34(49)44-31(16-14-24(47)21-42-40)35(50)45-33(17-15-25(48)22-43-41)37(52)56-39(2,3)4/h5-13,21-22,30-33H,1,14-20,23H2,2-4H3,(H,44,49)(H,45,50)(H,46,53)/t31-,32-,33-/m0/s1. The van der Waals surface area contributed by atoms with E-state index in [0.29, 0.717) is 12.4 Å². The lowest BCUT2D eigenvalue weighted by molar-refractivity contribution is -0.159. The third kappa shape index (κ3) is 13.7. The van der Waals surface area contributed by atoms with E-state index in [1.165, 1.54) is 6.08 Å². The summed E-state index contributed by atoms with van der Waals surface area (Å²) in [5.41, 5.74) is 20.4. The molecule has 0 fully saturated rings. The van der Waals surface area contributed by atoms with Crippen molar-refractivity contribution in [3.8, 4) is 11.1 Å². The number of esters is 2. The van der Waals surface area contributed by atoms with E-state index in [1.54, 1.807) is 20.8 Å². The summed E-state index contributed by atoms with van der Waals surface area (Å²) in [4.78, 5) is 95.1. The molecule has 0 aromatic heterocycles. The maximum absolute atomic E-state index is 13.5. The average Bonchev–Trinajstić information content (AvgIpc) is 3.47. The summed E-state index contributed by atoms with van der Waals surface area (Å²) in [6.45, 7) is 8.05. The van der Waals surface area contributed by atoms with Gasteiger partial charge in [-0.05, 0) is 62.3 Å². The molecule has 0 bridgehead atoms. The first-order valence-electron chi connectivity index (χ1n) is 17.8. The summed E-state index contributed by atoms with van der Waals surface area (Å²) in [6, 6.07) is 11.3. The van der Waals surface area contributed by atoms with Crippen molar-refractivity contribution in [2.45, 2.75) is 88.9 Å². The van der Waals surface area contributed by atoms with Crippen LogP contribution in [0.25, 0.3) is 22.2 Å². The summed E-state index contributed by atoms with van der Waals surface area (Å²) in [5.74, 6) is -5.08. The Morgan fingerprint density at radius 3 is 1.79 bits per heavy atom. The van der Waals surface area contributed by atoms with E-state index in [1.807, 2.05) is 48.5 Å². The van der Waals surface area contributed by atoms with E-state index in [9.17, 15) is 33.6 Å². The molecule has 17 heteroatoms. The SMILES string of the molecule is C=CCOC(=O)[C@H](CCC(=O)N[C@@H](CCC(=O)C=[N+]=[N-])C(=O)N[C@@H](CCC(=O)C=[N+]=[N-])C(=O)OC(C)(C)C)NC(=O)OCC1c2ccccc2-c2ccccc21. The molecule has 17 nitrogen and oxygen atoms in total. The minimum atomic E-state index is -1.44. The third-order valence-corrected chi connectivity index (χ3v) is 8.35. The smallest absolute Gasteiger partial charge is 0.407 e. The Bertz CT molecular complexity index is 1870. The zero-order valence-electron chi connectivity index (χ0n) is 31.4. The van der Waals surface area contributed by atoms with Crippen LogP contribution in [0.2, 0.25) is 0 Å². The van der Waals surface area contributed by atoms with Crippen molar-refractivity contribution in [1.29, 1.82) is 0 Å². The first-order chi connectivity index (χ1) is 26.7. The van der Waals surface area contributed by atoms with Gasteiger partial charge in [0.1, 0.15) is 36.9 Å². The molecule has 0 radical (unpaired) electrons. The highest BCUT2D eigenvalue weighted by Gasteiger charge is 2.33. The molecule has 3 N–H and O–H groups in total. The van der Waals surface area contributed by atoms with Crippen LogP contribution in [0.3, 0.4) is 0 Å². The van der Waals surface area contributed by atoms with Crippen LogP contribution in [-0.4, -0.2) is 100 Å². The van der Waals surface area contributed by atoms with Crippen molar-refractivity contribution < 1.29 is 57.4 Å². The van der Waals surface area contributed by atoms with Crippen LogP contribution < -0.4 is 16.0 Å². The summed E-state index contributed by atoms with van der Waals surface area (Å²) in [7, 11) is 0. The lowest BCUT2D eigenvalue weighted by atomic mass is 9.98. The zero-order chi connectivity index (χ0) is 41.3. The summed E-state index contributed by atoms with van der Waals surface area (Å²) in [6.07, 6.45) is -0.379. The van der Waals surface area contributed by atoms with Gasteiger partial charge in [0.15, 0.2) is 0 Å². The Kier molecular flexibility index (Phi) is 16.7. The lowest BCUT2D eigenvalue weighted by Gasteiger charge is -2.26. The second kappa shape index (κ2) is 21.4. The molecule has 56 heavy (non-hydrogen) atoms. The van der Waals surface area contributed by atoms with E-state index in [0.717, 1.165) is 22.3 Å². The van der Waals surface area contributed by atoms with E-state index < -0.39 is 71.6 Å². The van der Waals surface area contributed by atoms with Crippen LogP contribution in [0.5, 0.6) is 0 Å². The Balaban J connectivity index is 1.72. The molecular weight excluding hydrogens is 726 g/mol. The number of Topliss-reactive ketones (excluding diaryl/α,β-unsaturated/α-hetero) is 2. The number of benzene rings is 2. The van der Waals surface area contributed by atoms with Crippen LogP contribution >= 0.6 is 0 Å². The Morgan fingerprint density at radius 1 is 0.732 bits per heavy atom. The topological polar surface area (TPSA) is 256 Å². The van der Waals surface area contributed by atoms with Gasteiger partial charge in [-0.15, -0.1) is 0 Å². The highest BCUT2D eigenvalue weighted by atomic mass is 16.6. The van der Waals surface area contributed by atoms with Gasteiger partial charge >= 0.3 is 30.5 Å². The number of amides is 3. The highest BCUT2D eigenvalue weighted by Crippen LogP contribution is 2.44. The van der Waals surface area contributed by atoms with Crippen molar-refractivity contribution in [3.05, 3.63) is 83.4 Å². The molecule has 0 unspecified atom stereocenters. The van der Waals surface area contributed by atoms with Crippen molar-refractivity contribution >= 4 is 53.8 Å². The summed E-state index contributed by atoms with van der Waals surface area (Å²) < 4.78 is 16.1. The van der Waals surface area contributed by atoms with Gasteiger partial charge in [-0.2, -0.15) is 9.58 Å². The molecule has 296 valence electrons. The van der Waals surface area contributed by atoms with Gasteiger partial charge in [0, 0.05) is 25.2 Å². The third-order valence-electron chi connectivity index (χ3n) is 8.35. The molecule has 2 aromatic carbocycles. The lowest BCUT2D eigenvalue weighted by Crippen LogP contribution is -2.53. The number of hydrogen-bond acceptors (Lipinski definition) is 10. The molecule has 0 saturated heterocycles. The molecule has 2 aromatic rings. The average molecular weight is 772 g/mol. The molecular formula is C39H45N7O10. The zero-order valence-corrected chi connectivity index (χ0v) is 31.4. The van der Waals surface area contributed by atoms with Gasteiger partial charge in [0.2, 0.25) is 23.4 Å². The molecule has 3 amide bonds. The summed E-state index contributed by atoms with van der Waals surface area (Å²) >= 11 is 0. The van der Waals surface area contributed by atoms with E-state index in [2.05, 4.69) is 32.1 Å². The van der Waals surface area contributed by atoms with Gasteiger partial charge in [0.25, 0.3) is 0 Å². The largest absolute Gasteiger partial charge is 0.460 e. The maximum Gasteiger partial charge on any atom is 0.407 e. The van der Waals surface area contributed by atoms with Crippen LogP contribution in [0.15, 0.2) is 61.2 Å². The van der Waals surface area contributed by atoms with Crippen molar-refractivity contribution in [2.24, 2.45) is 0 Å². The predicted octanol–water partition coefficient (Wildman–Crippen LogP) is 3.01. The number of ether oxygens (including phenoxy) is 3. The van der Waals surface area contributed by atoms with E-state index in [-0.39, 0.29) is 51.2 Å². The second-order valence-electron chi connectivity index (χ2n) is 13.7. The first kappa shape index (κ1) is 43.8. The number of nitrogens with zero attached hydrogens (tertiary/aromatic N) is 4. The highest BCUT2D eigenvalue weighted by molar-refractivity contribution is 6.25. The number of carbonyl (C=O) groups is 7. The first-order valence-corrected chi connectivity index (χ1v) is 17.8. The molecule has 3 atom stereocenters. The number of nitrogens with one attached hydrogen (secondary N) is 3. The number of fused-ring (bicyclic) bond motifs is 3. The molecule has 0 heterocycles.